The van der Waals surface area contributed by atoms with E-state index < -0.39 is 17.5 Å². The molecular formula is C17H12F2N2O2. The van der Waals surface area contributed by atoms with Crippen LogP contribution in [0.1, 0.15) is 10.4 Å². The maximum atomic E-state index is 13.1. The molecule has 4 nitrogen and oxygen atoms in total. The second kappa shape index (κ2) is 6.00. The third-order valence-corrected chi connectivity index (χ3v) is 3.37. The molecule has 0 saturated carbocycles. The van der Waals surface area contributed by atoms with Crippen molar-refractivity contribution in [1.82, 2.24) is 10.5 Å². The predicted octanol–water partition coefficient (Wildman–Crippen LogP) is 3.65. The van der Waals surface area contributed by atoms with Crippen molar-refractivity contribution in [2.24, 2.45) is 0 Å². The molecule has 3 rings (SSSR count). The van der Waals surface area contributed by atoms with Gasteiger partial charge in [-0.2, -0.15) is 0 Å². The quantitative estimate of drug-likeness (QED) is 0.803. The van der Waals surface area contributed by atoms with Crippen LogP contribution in [-0.4, -0.2) is 18.1 Å². The zero-order chi connectivity index (χ0) is 16.4. The second-order valence-electron chi connectivity index (χ2n) is 4.83. The van der Waals surface area contributed by atoms with Crippen LogP contribution in [0, 0.1) is 11.6 Å². The minimum absolute atomic E-state index is 0.214. The van der Waals surface area contributed by atoms with E-state index >= 15 is 0 Å². The van der Waals surface area contributed by atoms with Gasteiger partial charge in [0.25, 0.3) is 5.91 Å². The topological polar surface area (TPSA) is 55.1 Å². The van der Waals surface area contributed by atoms with Gasteiger partial charge in [-0.05, 0) is 48.5 Å². The van der Waals surface area contributed by atoms with Crippen molar-refractivity contribution in [3.63, 3.8) is 0 Å². The molecule has 23 heavy (non-hydrogen) atoms. The molecule has 1 amide bonds. The van der Waals surface area contributed by atoms with Crippen LogP contribution < -0.4 is 5.32 Å². The fourth-order valence-corrected chi connectivity index (χ4v) is 2.23. The number of nitrogens with zero attached hydrogens (tertiary/aromatic N) is 1. The van der Waals surface area contributed by atoms with E-state index in [1.54, 1.807) is 0 Å². The standard InChI is InChI=1S/C17H12F2N2O2/c1-20-17(22)14-15(10-2-6-12(18)7-3-10)21-23-16(14)11-4-8-13(19)9-5-11/h2-9H,1H3,(H,20,22). The highest BCUT2D eigenvalue weighted by Crippen LogP contribution is 2.32. The van der Waals surface area contributed by atoms with Gasteiger partial charge in [0, 0.05) is 18.2 Å². The number of amides is 1. The van der Waals surface area contributed by atoms with E-state index in [4.69, 9.17) is 4.52 Å². The normalized spacial score (nSPS) is 10.6. The molecule has 0 aliphatic rings. The van der Waals surface area contributed by atoms with E-state index in [-0.39, 0.29) is 11.3 Å². The molecule has 6 heteroatoms. The summed E-state index contributed by atoms with van der Waals surface area (Å²) in [6, 6.07) is 11.1. The Morgan fingerprint density at radius 2 is 1.48 bits per heavy atom. The summed E-state index contributed by atoms with van der Waals surface area (Å²) in [6.45, 7) is 0. The van der Waals surface area contributed by atoms with Crippen molar-refractivity contribution in [3.8, 4) is 22.6 Å². The van der Waals surface area contributed by atoms with Gasteiger partial charge < -0.3 is 9.84 Å². The van der Waals surface area contributed by atoms with Gasteiger partial charge in [-0.15, -0.1) is 0 Å². The Labute approximate surface area is 130 Å². The lowest BCUT2D eigenvalue weighted by Crippen LogP contribution is -2.18. The van der Waals surface area contributed by atoms with E-state index in [9.17, 15) is 13.6 Å². The minimum Gasteiger partial charge on any atom is -0.355 e. The molecule has 0 radical (unpaired) electrons. The molecule has 1 aromatic heterocycles. The Hall–Kier alpha value is -3.02. The summed E-state index contributed by atoms with van der Waals surface area (Å²) in [4.78, 5) is 12.2. The van der Waals surface area contributed by atoms with Crippen molar-refractivity contribution < 1.29 is 18.1 Å². The number of carbonyl (C=O) groups is 1. The number of benzene rings is 2. The lowest BCUT2D eigenvalue weighted by molar-refractivity contribution is 0.0964. The molecule has 1 heterocycles. The summed E-state index contributed by atoms with van der Waals surface area (Å²) >= 11 is 0. The van der Waals surface area contributed by atoms with Crippen LogP contribution in [-0.2, 0) is 0 Å². The Kier molecular flexibility index (Phi) is 3.89. The van der Waals surface area contributed by atoms with Crippen LogP contribution in [0.4, 0.5) is 8.78 Å². The van der Waals surface area contributed by atoms with Gasteiger partial charge in [0.05, 0.1) is 0 Å². The maximum absolute atomic E-state index is 13.1. The Morgan fingerprint density at radius 3 is 2.00 bits per heavy atom. The molecule has 0 aliphatic heterocycles. The molecule has 116 valence electrons. The van der Waals surface area contributed by atoms with Crippen LogP contribution >= 0.6 is 0 Å². The zero-order valence-corrected chi connectivity index (χ0v) is 12.1. The first-order valence-electron chi connectivity index (χ1n) is 6.84. The molecule has 1 N–H and O–H groups in total. The van der Waals surface area contributed by atoms with E-state index in [0.29, 0.717) is 16.8 Å². The van der Waals surface area contributed by atoms with Gasteiger partial charge in [-0.25, -0.2) is 8.78 Å². The Bertz CT molecular complexity index is 777. The van der Waals surface area contributed by atoms with Gasteiger partial charge >= 0.3 is 0 Å². The number of halogens is 2. The first kappa shape index (κ1) is 14.9. The van der Waals surface area contributed by atoms with Crippen LogP contribution in [0.2, 0.25) is 0 Å². The fourth-order valence-electron chi connectivity index (χ4n) is 2.23. The van der Waals surface area contributed by atoms with Gasteiger partial charge in [-0.1, -0.05) is 5.16 Å². The Morgan fingerprint density at radius 1 is 0.957 bits per heavy atom. The zero-order valence-electron chi connectivity index (χ0n) is 12.1. The first-order valence-corrected chi connectivity index (χ1v) is 6.84. The van der Waals surface area contributed by atoms with Gasteiger partial charge in [0.1, 0.15) is 22.9 Å². The number of carbonyl (C=O) groups excluding carboxylic acids is 1. The van der Waals surface area contributed by atoms with Crippen LogP contribution in [0.3, 0.4) is 0 Å². The van der Waals surface area contributed by atoms with Crippen molar-refractivity contribution >= 4 is 5.91 Å². The molecule has 0 aliphatic carbocycles. The summed E-state index contributed by atoms with van der Waals surface area (Å²) in [5, 5.41) is 6.46. The number of aromatic nitrogens is 1. The highest BCUT2D eigenvalue weighted by atomic mass is 19.1. The summed E-state index contributed by atoms with van der Waals surface area (Å²) < 4.78 is 31.5. The van der Waals surface area contributed by atoms with Gasteiger partial charge in [-0.3, -0.25) is 4.79 Å². The van der Waals surface area contributed by atoms with E-state index in [2.05, 4.69) is 10.5 Å². The molecule has 0 spiro atoms. The average molecular weight is 314 g/mol. The number of hydrogen-bond donors (Lipinski definition) is 1. The predicted molar refractivity (Wildman–Crippen MR) is 80.7 cm³/mol. The average Bonchev–Trinajstić information content (AvgIpc) is 3.00. The lowest BCUT2D eigenvalue weighted by Gasteiger charge is -2.03. The van der Waals surface area contributed by atoms with Gasteiger partial charge in [0.15, 0.2) is 5.76 Å². The van der Waals surface area contributed by atoms with Crippen LogP contribution in [0.5, 0.6) is 0 Å². The van der Waals surface area contributed by atoms with Gasteiger partial charge in [0.2, 0.25) is 0 Å². The minimum atomic E-state index is -0.398. The smallest absolute Gasteiger partial charge is 0.257 e. The Balaban J connectivity index is 2.16. The molecule has 0 saturated heterocycles. The fraction of sp³-hybridized carbons (Fsp3) is 0.0588. The number of rotatable bonds is 3. The third kappa shape index (κ3) is 2.83. The summed E-state index contributed by atoms with van der Waals surface area (Å²) in [5.41, 5.74) is 1.57. The van der Waals surface area contributed by atoms with E-state index in [1.807, 2.05) is 0 Å². The van der Waals surface area contributed by atoms with Crippen molar-refractivity contribution in [2.45, 2.75) is 0 Å². The number of nitrogens with one attached hydrogen (secondary N) is 1. The molecule has 0 bridgehead atoms. The SMILES string of the molecule is CNC(=O)c1c(-c2ccc(F)cc2)noc1-c1ccc(F)cc1. The molecule has 2 aromatic carbocycles. The molecular weight excluding hydrogens is 302 g/mol. The second-order valence-corrected chi connectivity index (χ2v) is 4.83. The molecule has 3 aromatic rings. The largest absolute Gasteiger partial charge is 0.355 e. The third-order valence-electron chi connectivity index (χ3n) is 3.37. The number of hydrogen-bond acceptors (Lipinski definition) is 3. The van der Waals surface area contributed by atoms with Crippen molar-refractivity contribution in [3.05, 3.63) is 65.7 Å². The molecule has 0 atom stereocenters. The van der Waals surface area contributed by atoms with Crippen LogP contribution in [0.15, 0.2) is 53.1 Å². The maximum Gasteiger partial charge on any atom is 0.257 e. The summed E-state index contributed by atoms with van der Waals surface area (Å²) in [6.07, 6.45) is 0. The summed E-state index contributed by atoms with van der Waals surface area (Å²) in [5.74, 6) is -0.959. The van der Waals surface area contributed by atoms with E-state index in [1.165, 1.54) is 55.6 Å². The molecule has 0 unspecified atom stereocenters. The highest BCUT2D eigenvalue weighted by Gasteiger charge is 2.24. The highest BCUT2D eigenvalue weighted by molar-refractivity contribution is 6.04. The van der Waals surface area contributed by atoms with Crippen molar-refractivity contribution in [2.75, 3.05) is 7.05 Å². The van der Waals surface area contributed by atoms with E-state index in [0.717, 1.165) is 0 Å². The first-order chi connectivity index (χ1) is 11.1. The van der Waals surface area contributed by atoms with Crippen LogP contribution in [0.25, 0.3) is 22.6 Å². The molecule has 0 fully saturated rings. The lowest BCUT2D eigenvalue weighted by atomic mass is 10.0. The van der Waals surface area contributed by atoms with Crippen molar-refractivity contribution in [1.29, 1.82) is 0 Å². The summed E-state index contributed by atoms with van der Waals surface area (Å²) in [7, 11) is 1.48. The monoisotopic (exact) mass is 314 g/mol.